The van der Waals surface area contributed by atoms with Gasteiger partial charge in [-0.3, -0.25) is 0 Å². The van der Waals surface area contributed by atoms with Gasteiger partial charge in [0.1, 0.15) is 12.4 Å². The standard InChI is InChI=1S/C6H12N2O5/c7-2(1-9)3(8)4(10)5(11)6(12)13/h1-5,10-11H,7-8H2,(H,12,13)/t2-,3-,4+,5-/m0/s1. The molecular weight excluding hydrogens is 180 g/mol. The number of carboxylic acid groups (broad SMARTS) is 1. The minimum atomic E-state index is -2.04. The van der Waals surface area contributed by atoms with E-state index in [9.17, 15) is 9.59 Å². The molecule has 0 fully saturated rings. The van der Waals surface area contributed by atoms with Crippen LogP contribution in [0.1, 0.15) is 0 Å². The van der Waals surface area contributed by atoms with Gasteiger partial charge in [0.05, 0.1) is 12.1 Å². The minimum absolute atomic E-state index is 0.266. The van der Waals surface area contributed by atoms with E-state index in [2.05, 4.69) is 0 Å². The van der Waals surface area contributed by atoms with Gasteiger partial charge in [0, 0.05) is 0 Å². The van der Waals surface area contributed by atoms with Crippen LogP contribution in [-0.2, 0) is 9.59 Å². The molecule has 0 bridgehead atoms. The largest absolute Gasteiger partial charge is 0.479 e. The van der Waals surface area contributed by atoms with Crippen LogP contribution in [0.15, 0.2) is 0 Å². The average molecular weight is 192 g/mol. The predicted molar refractivity (Wildman–Crippen MR) is 41.7 cm³/mol. The molecule has 0 heterocycles. The zero-order valence-corrected chi connectivity index (χ0v) is 6.70. The zero-order chi connectivity index (χ0) is 10.6. The first-order valence-electron chi connectivity index (χ1n) is 3.47. The lowest BCUT2D eigenvalue weighted by Gasteiger charge is -2.22. The van der Waals surface area contributed by atoms with E-state index in [0.29, 0.717) is 0 Å². The molecule has 4 atom stereocenters. The van der Waals surface area contributed by atoms with Crippen molar-refractivity contribution in [3.63, 3.8) is 0 Å². The Kier molecular flexibility index (Phi) is 4.49. The van der Waals surface area contributed by atoms with Crippen molar-refractivity contribution in [3.05, 3.63) is 0 Å². The predicted octanol–water partition coefficient (Wildman–Crippen LogP) is -3.35. The van der Waals surface area contributed by atoms with Crippen LogP contribution in [0.5, 0.6) is 0 Å². The highest BCUT2D eigenvalue weighted by Crippen LogP contribution is 2.00. The van der Waals surface area contributed by atoms with Crippen LogP contribution >= 0.6 is 0 Å². The number of carbonyl (C=O) groups excluding carboxylic acids is 1. The zero-order valence-electron chi connectivity index (χ0n) is 6.70. The second-order valence-corrected chi connectivity index (χ2v) is 2.56. The van der Waals surface area contributed by atoms with E-state index in [-0.39, 0.29) is 6.29 Å². The summed E-state index contributed by atoms with van der Waals surface area (Å²) in [4.78, 5) is 20.3. The van der Waals surface area contributed by atoms with Crippen LogP contribution in [0.25, 0.3) is 0 Å². The Morgan fingerprint density at radius 2 is 1.77 bits per heavy atom. The average Bonchev–Trinajstić information content (AvgIpc) is 2.12. The van der Waals surface area contributed by atoms with E-state index in [1.165, 1.54) is 0 Å². The number of rotatable bonds is 5. The highest BCUT2D eigenvalue weighted by atomic mass is 16.4. The summed E-state index contributed by atoms with van der Waals surface area (Å²) in [5, 5.41) is 26.1. The lowest BCUT2D eigenvalue weighted by molar-refractivity contribution is -0.154. The summed E-state index contributed by atoms with van der Waals surface area (Å²) >= 11 is 0. The molecule has 0 aliphatic heterocycles. The molecule has 0 spiro atoms. The van der Waals surface area contributed by atoms with Crippen molar-refractivity contribution in [2.75, 3.05) is 0 Å². The van der Waals surface area contributed by atoms with Crippen molar-refractivity contribution < 1.29 is 24.9 Å². The minimum Gasteiger partial charge on any atom is -0.479 e. The molecule has 0 aromatic heterocycles. The second kappa shape index (κ2) is 4.87. The number of carbonyl (C=O) groups is 2. The first kappa shape index (κ1) is 12.0. The van der Waals surface area contributed by atoms with Crippen molar-refractivity contribution in [2.24, 2.45) is 11.5 Å². The van der Waals surface area contributed by atoms with Gasteiger partial charge in [-0.25, -0.2) is 4.79 Å². The van der Waals surface area contributed by atoms with E-state index < -0.39 is 30.3 Å². The molecule has 7 nitrogen and oxygen atoms in total. The molecule has 0 aliphatic rings. The summed E-state index contributed by atoms with van der Waals surface area (Å²) in [6.07, 6.45) is -3.54. The fourth-order valence-electron chi connectivity index (χ4n) is 0.675. The van der Waals surface area contributed by atoms with Crippen LogP contribution in [0, 0.1) is 0 Å². The van der Waals surface area contributed by atoms with Gasteiger partial charge >= 0.3 is 5.97 Å². The summed E-state index contributed by atoms with van der Waals surface area (Å²) in [5.74, 6) is -1.62. The van der Waals surface area contributed by atoms with Gasteiger partial charge in [-0.15, -0.1) is 0 Å². The first-order chi connectivity index (χ1) is 5.91. The van der Waals surface area contributed by atoms with E-state index >= 15 is 0 Å². The summed E-state index contributed by atoms with van der Waals surface area (Å²) in [6.45, 7) is 0. The number of aldehydes is 1. The highest BCUT2D eigenvalue weighted by molar-refractivity contribution is 5.73. The quantitative estimate of drug-likeness (QED) is 0.286. The summed E-state index contributed by atoms with van der Waals surface area (Å²) in [7, 11) is 0. The second-order valence-electron chi connectivity index (χ2n) is 2.56. The first-order valence-corrected chi connectivity index (χ1v) is 3.47. The normalized spacial score (nSPS) is 20.0. The lowest BCUT2D eigenvalue weighted by Crippen LogP contribution is -2.55. The van der Waals surface area contributed by atoms with Gasteiger partial charge in [-0.2, -0.15) is 0 Å². The molecule has 0 rings (SSSR count). The molecule has 13 heavy (non-hydrogen) atoms. The number of carboxylic acids is 1. The van der Waals surface area contributed by atoms with Gasteiger partial charge in [-0.1, -0.05) is 0 Å². The number of aliphatic hydroxyl groups is 2. The van der Waals surface area contributed by atoms with E-state index in [1.807, 2.05) is 0 Å². The van der Waals surface area contributed by atoms with Gasteiger partial charge in [-0.05, 0) is 0 Å². The van der Waals surface area contributed by atoms with Gasteiger partial charge in [0.25, 0.3) is 0 Å². The molecule has 0 aromatic rings. The monoisotopic (exact) mass is 192 g/mol. The maximum absolute atomic E-state index is 10.2. The van der Waals surface area contributed by atoms with E-state index in [4.69, 9.17) is 26.8 Å². The van der Waals surface area contributed by atoms with Crippen molar-refractivity contribution in [1.82, 2.24) is 0 Å². The van der Waals surface area contributed by atoms with Crippen LogP contribution in [0.4, 0.5) is 0 Å². The van der Waals surface area contributed by atoms with Crippen molar-refractivity contribution in [3.8, 4) is 0 Å². The molecule has 0 radical (unpaired) electrons. The fraction of sp³-hybridized carbons (Fsp3) is 0.667. The maximum Gasteiger partial charge on any atom is 0.335 e. The number of aliphatic carboxylic acids is 1. The van der Waals surface area contributed by atoms with Crippen molar-refractivity contribution in [1.29, 1.82) is 0 Å². The van der Waals surface area contributed by atoms with Gasteiger partial charge < -0.3 is 31.6 Å². The molecule has 0 aromatic carbocycles. The van der Waals surface area contributed by atoms with Crippen molar-refractivity contribution in [2.45, 2.75) is 24.3 Å². The molecule has 0 aliphatic carbocycles. The summed E-state index contributed by atoms with van der Waals surface area (Å²) < 4.78 is 0. The van der Waals surface area contributed by atoms with Crippen LogP contribution in [-0.4, -0.2) is 51.9 Å². The van der Waals surface area contributed by atoms with Crippen molar-refractivity contribution >= 4 is 12.3 Å². The molecule has 0 saturated carbocycles. The van der Waals surface area contributed by atoms with Crippen LogP contribution in [0.3, 0.4) is 0 Å². The molecule has 76 valence electrons. The molecule has 7 N–H and O–H groups in total. The molecule has 0 amide bonds. The lowest BCUT2D eigenvalue weighted by atomic mass is 10.0. The Bertz CT molecular complexity index is 197. The number of hydrogen-bond donors (Lipinski definition) is 5. The number of hydrogen-bond acceptors (Lipinski definition) is 6. The highest BCUT2D eigenvalue weighted by Gasteiger charge is 2.32. The third-order valence-electron chi connectivity index (χ3n) is 1.57. The Hall–Kier alpha value is -1.02. The SMILES string of the molecule is N[C@H]([C@@H](O)[C@H](O)C(=O)O)[C@@H](N)C=O. The van der Waals surface area contributed by atoms with Gasteiger partial charge in [0.15, 0.2) is 6.10 Å². The van der Waals surface area contributed by atoms with Crippen LogP contribution < -0.4 is 11.5 Å². The van der Waals surface area contributed by atoms with Crippen LogP contribution in [0.2, 0.25) is 0 Å². The van der Waals surface area contributed by atoms with E-state index in [1.54, 1.807) is 0 Å². The third kappa shape index (κ3) is 3.07. The maximum atomic E-state index is 10.2. The topological polar surface area (TPSA) is 147 Å². The molecule has 7 heteroatoms. The Labute approximate surface area is 73.9 Å². The molecule has 0 saturated heterocycles. The van der Waals surface area contributed by atoms with Gasteiger partial charge in [0.2, 0.25) is 0 Å². The molecular formula is C6H12N2O5. The Morgan fingerprint density at radius 1 is 1.31 bits per heavy atom. The Balaban J connectivity index is 4.32. The molecule has 0 unspecified atom stereocenters. The third-order valence-corrected chi connectivity index (χ3v) is 1.57. The Morgan fingerprint density at radius 3 is 2.08 bits per heavy atom. The fourth-order valence-corrected chi connectivity index (χ4v) is 0.675. The summed E-state index contributed by atoms with van der Waals surface area (Å²) in [5.41, 5.74) is 10.3. The number of nitrogens with two attached hydrogens (primary N) is 2. The van der Waals surface area contributed by atoms with E-state index in [0.717, 1.165) is 0 Å². The summed E-state index contributed by atoms with van der Waals surface area (Å²) in [6, 6.07) is -2.51. The number of aliphatic hydroxyl groups excluding tert-OH is 2. The smallest absolute Gasteiger partial charge is 0.335 e.